The summed E-state index contributed by atoms with van der Waals surface area (Å²) in [5, 5.41) is 3.35. The molecule has 8 heteroatoms. The number of hydrogen-bond donors (Lipinski definition) is 1. The van der Waals surface area contributed by atoms with E-state index in [0.717, 1.165) is 57.4 Å². The van der Waals surface area contributed by atoms with Gasteiger partial charge in [-0.25, -0.2) is 0 Å². The van der Waals surface area contributed by atoms with E-state index in [-0.39, 0.29) is 35.8 Å². The molecule has 0 bridgehead atoms. The van der Waals surface area contributed by atoms with E-state index in [1.807, 2.05) is 41.0 Å². The molecule has 3 unspecified atom stereocenters. The number of carbonyl (C=O) groups is 3. The van der Waals surface area contributed by atoms with Crippen LogP contribution in [0.5, 0.6) is 0 Å². The first kappa shape index (κ1) is 24.3. The van der Waals surface area contributed by atoms with Crippen LogP contribution < -0.4 is 5.32 Å². The molecular formula is C27H38N4O4. The maximum Gasteiger partial charge on any atom is 0.254 e. The average Bonchev–Trinajstić information content (AvgIpc) is 3.52. The van der Waals surface area contributed by atoms with Crippen LogP contribution in [0.2, 0.25) is 0 Å². The van der Waals surface area contributed by atoms with Gasteiger partial charge >= 0.3 is 0 Å². The Labute approximate surface area is 207 Å². The van der Waals surface area contributed by atoms with Crippen molar-refractivity contribution in [2.45, 2.75) is 63.6 Å². The molecule has 1 aromatic carbocycles. The second-order valence-electron chi connectivity index (χ2n) is 10.6. The molecule has 0 aromatic heterocycles. The number of ether oxygens (including phenoxy) is 1. The van der Waals surface area contributed by atoms with Crippen molar-refractivity contribution in [3.63, 3.8) is 0 Å². The smallest absolute Gasteiger partial charge is 0.254 e. The number of amides is 3. The fraction of sp³-hybridized carbons (Fsp3) is 0.667. The molecule has 8 nitrogen and oxygen atoms in total. The van der Waals surface area contributed by atoms with E-state index < -0.39 is 6.04 Å². The van der Waals surface area contributed by atoms with Crippen molar-refractivity contribution in [3.05, 3.63) is 35.4 Å². The Balaban J connectivity index is 1.40. The quantitative estimate of drug-likeness (QED) is 0.669. The second-order valence-corrected chi connectivity index (χ2v) is 10.6. The molecule has 3 saturated heterocycles. The van der Waals surface area contributed by atoms with Crippen molar-refractivity contribution in [1.82, 2.24) is 20.0 Å². The molecule has 0 radical (unpaired) electrons. The van der Waals surface area contributed by atoms with Gasteiger partial charge in [0.15, 0.2) is 0 Å². The van der Waals surface area contributed by atoms with E-state index in [9.17, 15) is 14.4 Å². The molecule has 3 aliphatic heterocycles. The molecule has 35 heavy (non-hydrogen) atoms. The van der Waals surface area contributed by atoms with Gasteiger partial charge in [0, 0.05) is 50.8 Å². The standard InChI is InChI=1S/C27H38N4O4/c1-19-5-7-20(8-6-19)26(33)31-17-22(16-24(31)27(34)29-13-3-11-28-12-14-29)30(25(32)21-9-10-21)18-23-4-2-15-35-23/h5-8,21-24,28H,2-4,9-18H2,1H3. The molecule has 3 atom stereocenters. The number of nitrogens with one attached hydrogen (secondary N) is 1. The molecular weight excluding hydrogens is 444 g/mol. The normalized spacial score (nSPS) is 27.1. The molecule has 3 heterocycles. The van der Waals surface area contributed by atoms with Gasteiger partial charge in [-0.2, -0.15) is 0 Å². The zero-order valence-corrected chi connectivity index (χ0v) is 20.8. The summed E-state index contributed by atoms with van der Waals surface area (Å²) in [7, 11) is 0. The molecule has 1 aliphatic carbocycles. The molecule has 3 amide bonds. The average molecular weight is 483 g/mol. The minimum Gasteiger partial charge on any atom is -0.376 e. The van der Waals surface area contributed by atoms with Gasteiger partial charge < -0.3 is 24.8 Å². The summed E-state index contributed by atoms with van der Waals surface area (Å²) in [5.74, 6) is 0.131. The van der Waals surface area contributed by atoms with E-state index >= 15 is 0 Å². The van der Waals surface area contributed by atoms with Gasteiger partial charge in [0.2, 0.25) is 11.8 Å². The Morgan fingerprint density at radius 3 is 2.57 bits per heavy atom. The lowest BCUT2D eigenvalue weighted by Gasteiger charge is -2.31. The van der Waals surface area contributed by atoms with E-state index in [2.05, 4.69) is 5.32 Å². The predicted octanol–water partition coefficient (Wildman–Crippen LogP) is 1.82. The Morgan fingerprint density at radius 1 is 1.06 bits per heavy atom. The summed E-state index contributed by atoms with van der Waals surface area (Å²) >= 11 is 0. The van der Waals surface area contributed by atoms with Crippen LogP contribution in [0.15, 0.2) is 24.3 Å². The third-order valence-corrected chi connectivity index (χ3v) is 7.85. The van der Waals surface area contributed by atoms with Crippen LogP contribution in [0.1, 0.15) is 54.4 Å². The highest BCUT2D eigenvalue weighted by Crippen LogP contribution is 2.35. The molecule has 1 N–H and O–H groups in total. The number of likely N-dealkylation sites (tertiary alicyclic amines) is 1. The largest absolute Gasteiger partial charge is 0.376 e. The first-order chi connectivity index (χ1) is 17.0. The van der Waals surface area contributed by atoms with Crippen LogP contribution in [-0.4, -0.2) is 96.5 Å². The lowest BCUT2D eigenvalue weighted by molar-refractivity contribution is -0.137. The van der Waals surface area contributed by atoms with Crippen LogP contribution in [0.3, 0.4) is 0 Å². The SMILES string of the molecule is Cc1ccc(C(=O)N2CC(N(CC3CCCO3)C(=O)C3CC3)CC2C(=O)N2CCCNCC2)cc1. The highest BCUT2D eigenvalue weighted by atomic mass is 16.5. The number of carbonyl (C=O) groups excluding carboxylic acids is 3. The fourth-order valence-electron chi connectivity index (χ4n) is 5.63. The monoisotopic (exact) mass is 482 g/mol. The first-order valence-electron chi connectivity index (χ1n) is 13.3. The van der Waals surface area contributed by atoms with Crippen molar-refractivity contribution >= 4 is 17.7 Å². The zero-order chi connectivity index (χ0) is 24.4. The maximum absolute atomic E-state index is 13.8. The van der Waals surface area contributed by atoms with Crippen molar-refractivity contribution < 1.29 is 19.1 Å². The van der Waals surface area contributed by atoms with Gasteiger partial charge in [-0.15, -0.1) is 0 Å². The molecule has 4 aliphatic rings. The minimum atomic E-state index is -0.550. The number of nitrogens with zero attached hydrogens (tertiary/aromatic N) is 3. The minimum absolute atomic E-state index is 0.00704. The summed E-state index contributed by atoms with van der Waals surface area (Å²) in [6.45, 7) is 6.68. The van der Waals surface area contributed by atoms with Gasteiger partial charge in [0.1, 0.15) is 6.04 Å². The Bertz CT molecular complexity index is 918. The highest BCUT2D eigenvalue weighted by Gasteiger charge is 2.47. The number of hydrogen-bond acceptors (Lipinski definition) is 5. The van der Waals surface area contributed by atoms with Crippen molar-refractivity contribution in [2.75, 3.05) is 45.9 Å². The van der Waals surface area contributed by atoms with Crippen LogP contribution in [0, 0.1) is 12.8 Å². The first-order valence-corrected chi connectivity index (χ1v) is 13.3. The molecule has 1 aromatic rings. The summed E-state index contributed by atoms with van der Waals surface area (Å²) in [6, 6.07) is 6.81. The van der Waals surface area contributed by atoms with E-state index in [1.54, 1.807) is 4.90 Å². The fourth-order valence-corrected chi connectivity index (χ4v) is 5.63. The van der Waals surface area contributed by atoms with Gasteiger partial charge in [-0.1, -0.05) is 17.7 Å². The summed E-state index contributed by atoms with van der Waals surface area (Å²) in [5.41, 5.74) is 1.68. The van der Waals surface area contributed by atoms with Crippen molar-refractivity contribution in [2.24, 2.45) is 5.92 Å². The topological polar surface area (TPSA) is 82.2 Å². The number of aryl methyl sites for hydroxylation is 1. The molecule has 0 spiro atoms. The molecule has 5 rings (SSSR count). The summed E-state index contributed by atoms with van der Waals surface area (Å²) in [4.78, 5) is 46.4. The number of rotatable bonds is 6. The van der Waals surface area contributed by atoms with E-state index in [1.165, 1.54) is 0 Å². The van der Waals surface area contributed by atoms with Gasteiger partial charge in [-0.3, -0.25) is 14.4 Å². The molecule has 190 valence electrons. The van der Waals surface area contributed by atoms with E-state index in [4.69, 9.17) is 4.74 Å². The van der Waals surface area contributed by atoms with Gasteiger partial charge in [0.05, 0.1) is 12.1 Å². The van der Waals surface area contributed by atoms with Crippen LogP contribution in [0.4, 0.5) is 0 Å². The van der Waals surface area contributed by atoms with Gasteiger partial charge in [-0.05, 0) is 64.1 Å². The van der Waals surface area contributed by atoms with Crippen molar-refractivity contribution in [1.29, 1.82) is 0 Å². The summed E-state index contributed by atoms with van der Waals surface area (Å²) in [6.07, 6.45) is 5.28. The van der Waals surface area contributed by atoms with E-state index in [0.29, 0.717) is 38.2 Å². The Kier molecular flexibility index (Phi) is 7.39. The Hall–Kier alpha value is -2.45. The molecule has 1 saturated carbocycles. The maximum atomic E-state index is 13.8. The summed E-state index contributed by atoms with van der Waals surface area (Å²) < 4.78 is 5.87. The lowest BCUT2D eigenvalue weighted by atomic mass is 10.1. The highest BCUT2D eigenvalue weighted by molar-refractivity contribution is 5.98. The Morgan fingerprint density at radius 2 is 1.86 bits per heavy atom. The third kappa shape index (κ3) is 5.54. The molecule has 4 fully saturated rings. The van der Waals surface area contributed by atoms with Crippen LogP contribution in [0.25, 0.3) is 0 Å². The number of benzene rings is 1. The third-order valence-electron chi connectivity index (χ3n) is 7.85. The van der Waals surface area contributed by atoms with Crippen molar-refractivity contribution in [3.8, 4) is 0 Å². The van der Waals surface area contributed by atoms with Gasteiger partial charge in [0.25, 0.3) is 5.91 Å². The lowest BCUT2D eigenvalue weighted by Crippen LogP contribution is -2.48. The second kappa shape index (κ2) is 10.7. The predicted molar refractivity (Wildman–Crippen MR) is 132 cm³/mol. The van der Waals surface area contributed by atoms with Crippen LogP contribution >= 0.6 is 0 Å². The zero-order valence-electron chi connectivity index (χ0n) is 20.8. The van der Waals surface area contributed by atoms with Crippen LogP contribution in [-0.2, 0) is 14.3 Å².